The van der Waals surface area contributed by atoms with Crippen molar-refractivity contribution in [1.29, 1.82) is 0 Å². The van der Waals surface area contributed by atoms with Crippen molar-refractivity contribution in [3.8, 4) is 0 Å². The van der Waals surface area contributed by atoms with Gasteiger partial charge in [-0.25, -0.2) is 0 Å². The molecule has 1 aromatic rings. The van der Waals surface area contributed by atoms with Gasteiger partial charge < -0.3 is 4.57 Å². The van der Waals surface area contributed by atoms with E-state index >= 15 is 0 Å². The Kier molecular flexibility index (Phi) is 3.36. The summed E-state index contributed by atoms with van der Waals surface area (Å²) in [6, 6.07) is 0. The lowest BCUT2D eigenvalue weighted by atomic mass is 9.77. The van der Waals surface area contributed by atoms with E-state index in [4.69, 9.17) is 0 Å². The van der Waals surface area contributed by atoms with Crippen LogP contribution in [0.3, 0.4) is 0 Å². The molecular formula is C22H21OPS3. The van der Waals surface area contributed by atoms with E-state index in [9.17, 15) is 4.57 Å². The second-order valence-corrected chi connectivity index (χ2v) is 14.6. The first kappa shape index (κ1) is 17.2. The van der Waals surface area contributed by atoms with E-state index in [2.05, 4.69) is 64.2 Å². The second-order valence-electron chi connectivity index (χ2n) is 8.34. The summed E-state index contributed by atoms with van der Waals surface area (Å²) in [7, 11) is -1.83. The second kappa shape index (κ2) is 5.27. The Morgan fingerprint density at radius 2 is 1.59 bits per heavy atom. The Bertz CT molecular complexity index is 1210. The third-order valence-corrected chi connectivity index (χ3v) is 13.6. The van der Waals surface area contributed by atoms with Crippen LogP contribution < -0.4 is 15.1 Å². The molecule has 27 heavy (non-hydrogen) atoms. The van der Waals surface area contributed by atoms with Crippen LogP contribution in [0.2, 0.25) is 0 Å². The molecule has 0 bridgehead atoms. The van der Waals surface area contributed by atoms with Gasteiger partial charge in [-0.2, -0.15) is 0 Å². The lowest BCUT2D eigenvalue weighted by molar-refractivity contribution is 0.588. The van der Waals surface area contributed by atoms with Gasteiger partial charge in [0.2, 0.25) is 0 Å². The Morgan fingerprint density at radius 3 is 2.33 bits per heavy atom. The highest BCUT2D eigenvalue weighted by molar-refractivity contribution is 8.09. The van der Waals surface area contributed by atoms with Crippen LogP contribution in [0.5, 0.6) is 0 Å². The number of thioether (sulfide) groups is 2. The summed E-state index contributed by atoms with van der Waals surface area (Å²) in [5, 5.41) is 2.54. The molecule has 0 N–H and O–H groups in total. The molecule has 0 radical (unpaired) electrons. The third kappa shape index (κ3) is 1.89. The van der Waals surface area contributed by atoms with Crippen LogP contribution in [0.4, 0.5) is 0 Å². The monoisotopic (exact) mass is 428 g/mol. The van der Waals surface area contributed by atoms with Crippen molar-refractivity contribution in [3.63, 3.8) is 0 Å². The maximum atomic E-state index is 13.6. The van der Waals surface area contributed by atoms with Gasteiger partial charge in [0.15, 0.2) is 0 Å². The minimum atomic E-state index is -1.83. The molecule has 0 saturated heterocycles. The van der Waals surface area contributed by atoms with Crippen molar-refractivity contribution in [2.75, 3.05) is 0 Å². The molecule has 0 amide bonds. The van der Waals surface area contributed by atoms with Crippen LogP contribution in [0.15, 0.2) is 46.3 Å². The molecule has 4 heterocycles. The summed E-state index contributed by atoms with van der Waals surface area (Å²) in [4.78, 5) is 4.14. The van der Waals surface area contributed by atoms with Gasteiger partial charge in [-0.3, -0.25) is 0 Å². The van der Waals surface area contributed by atoms with E-state index < -0.39 is 7.80 Å². The number of allylic oxidation sites excluding steroid dienone is 8. The Labute approximate surface area is 172 Å². The van der Waals surface area contributed by atoms with Crippen LogP contribution in [0.1, 0.15) is 38.5 Å². The molecule has 5 atom stereocenters. The van der Waals surface area contributed by atoms with Crippen LogP contribution in [0.25, 0.3) is 11.1 Å². The summed E-state index contributed by atoms with van der Waals surface area (Å²) in [5.74, 6) is 0.309. The number of thiophene rings is 1. The van der Waals surface area contributed by atoms with Crippen LogP contribution in [-0.2, 0) is 4.57 Å². The molecule has 0 aromatic carbocycles. The minimum Gasteiger partial charge on any atom is -0.321 e. The third-order valence-electron chi connectivity index (χ3n) is 6.80. The van der Waals surface area contributed by atoms with Gasteiger partial charge in [0.1, 0.15) is 7.80 Å². The summed E-state index contributed by atoms with van der Waals surface area (Å²) < 4.78 is 15.0. The average Bonchev–Trinajstić information content (AvgIpc) is 3.31. The van der Waals surface area contributed by atoms with Gasteiger partial charge in [0.05, 0.1) is 9.49 Å². The number of rotatable bonds is 0. The van der Waals surface area contributed by atoms with Gasteiger partial charge in [0.25, 0.3) is 0 Å². The fourth-order valence-electron chi connectivity index (χ4n) is 5.45. The standard InChI is InChI=1S/C22H21OPS3/c1-11-9-14-17-18-19(13-7-5-6-8-16(13)24(18)23)25-20(17)15-10-12(2)27-22(15,4)21(14,3)26-11/h5-10,13,16,24H,1-4H3/t13?,16?,21-,22-/m1/s1. The van der Waals surface area contributed by atoms with E-state index in [1.165, 1.54) is 40.9 Å². The number of fused-ring (bicyclic) bond motifs is 8. The molecule has 0 spiro atoms. The SMILES string of the molecule is CC1=CC2=c3sc4c(c3=C3C=C(C)S[C@@]3(C)[C@]2(C)S1)[PH](=O)C1C=CC=CC41. The van der Waals surface area contributed by atoms with Crippen molar-refractivity contribution in [2.45, 2.75) is 48.8 Å². The summed E-state index contributed by atoms with van der Waals surface area (Å²) in [5.41, 5.74) is 3.07. The highest BCUT2D eigenvalue weighted by Crippen LogP contribution is 2.64. The van der Waals surface area contributed by atoms with Gasteiger partial charge in [-0.15, -0.1) is 34.9 Å². The van der Waals surface area contributed by atoms with E-state index in [1.807, 2.05) is 34.9 Å². The maximum absolute atomic E-state index is 13.6. The molecule has 5 heteroatoms. The Hall–Kier alpha value is -0.670. The number of hydrogen-bond donors (Lipinski definition) is 0. The first-order chi connectivity index (χ1) is 12.8. The van der Waals surface area contributed by atoms with Gasteiger partial charge >= 0.3 is 0 Å². The first-order valence-electron chi connectivity index (χ1n) is 9.41. The van der Waals surface area contributed by atoms with Crippen LogP contribution in [0, 0.1) is 0 Å². The molecule has 2 aliphatic carbocycles. The fraction of sp³-hybridized carbons (Fsp3) is 0.364. The van der Waals surface area contributed by atoms with E-state index in [1.54, 1.807) is 0 Å². The molecule has 5 aliphatic rings. The molecule has 1 nitrogen and oxygen atoms in total. The summed E-state index contributed by atoms with van der Waals surface area (Å²) in [6.07, 6.45) is 13.4. The average molecular weight is 429 g/mol. The van der Waals surface area contributed by atoms with Crippen LogP contribution in [-0.4, -0.2) is 15.2 Å². The van der Waals surface area contributed by atoms with Crippen molar-refractivity contribution < 1.29 is 4.57 Å². The lowest BCUT2D eigenvalue weighted by Gasteiger charge is -2.44. The highest BCUT2D eigenvalue weighted by atomic mass is 32.2. The zero-order chi connectivity index (χ0) is 18.7. The van der Waals surface area contributed by atoms with Crippen molar-refractivity contribution in [1.82, 2.24) is 0 Å². The zero-order valence-corrected chi connectivity index (χ0v) is 19.2. The molecular weight excluding hydrogens is 407 g/mol. The Morgan fingerprint density at radius 1 is 0.963 bits per heavy atom. The van der Waals surface area contributed by atoms with Gasteiger partial charge in [-0.05, 0) is 60.8 Å². The van der Waals surface area contributed by atoms with Crippen molar-refractivity contribution in [2.24, 2.45) is 0 Å². The number of hydrogen-bond acceptors (Lipinski definition) is 4. The molecule has 3 aliphatic heterocycles. The molecule has 3 unspecified atom stereocenters. The predicted molar refractivity (Wildman–Crippen MR) is 123 cm³/mol. The first-order valence-corrected chi connectivity index (χ1v) is 13.3. The molecule has 138 valence electrons. The summed E-state index contributed by atoms with van der Waals surface area (Å²) in [6.45, 7) is 9.29. The summed E-state index contributed by atoms with van der Waals surface area (Å²) >= 11 is 5.95. The molecule has 0 saturated carbocycles. The van der Waals surface area contributed by atoms with E-state index in [0.29, 0.717) is 5.92 Å². The topological polar surface area (TPSA) is 17.1 Å². The van der Waals surface area contributed by atoms with Crippen molar-refractivity contribution in [3.05, 3.63) is 60.9 Å². The highest BCUT2D eigenvalue weighted by Gasteiger charge is 2.57. The lowest BCUT2D eigenvalue weighted by Crippen LogP contribution is -2.54. The molecule has 1 aromatic heterocycles. The fourth-order valence-corrected chi connectivity index (χ4v) is 12.8. The quantitative estimate of drug-likeness (QED) is 0.560. The van der Waals surface area contributed by atoms with Gasteiger partial charge in [0, 0.05) is 31.5 Å². The molecule has 6 rings (SSSR count). The van der Waals surface area contributed by atoms with Crippen LogP contribution >= 0.6 is 42.7 Å². The predicted octanol–water partition coefficient (Wildman–Crippen LogP) is 4.66. The zero-order valence-electron chi connectivity index (χ0n) is 15.8. The maximum Gasteiger partial charge on any atom is 0.113 e. The van der Waals surface area contributed by atoms with Crippen molar-refractivity contribution >= 4 is 59.1 Å². The normalized spacial score (nSPS) is 40.4. The smallest absolute Gasteiger partial charge is 0.113 e. The molecule has 0 fully saturated rings. The Balaban J connectivity index is 1.81. The van der Waals surface area contributed by atoms with E-state index in [-0.39, 0.29) is 15.2 Å². The minimum absolute atomic E-state index is 0.00518. The van der Waals surface area contributed by atoms with E-state index in [0.717, 1.165) is 0 Å². The largest absolute Gasteiger partial charge is 0.321 e. The van der Waals surface area contributed by atoms with Gasteiger partial charge in [-0.1, -0.05) is 24.3 Å².